The Hall–Kier alpha value is -2.24. The molecule has 1 aromatic carbocycles. The van der Waals surface area contributed by atoms with Crippen LogP contribution < -0.4 is 20.5 Å². The van der Waals surface area contributed by atoms with Gasteiger partial charge in [0.15, 0.2) is 18.1 Å². The molecule has 0 aliphatic rings. The normalized spacial score (nSPS) is 10.3. The van der Waals surface area contributed by atoms with E-state index in [-0.39, 0.29) is 23.8 Å². The number of hydrogen-bond acceptors (Lipinski definition) is 4. The topological polar surface area (TPSA) is 90.7 Å². The zero-order valence-electron chi connectivity index (χ0n) is 12.6. The quantitative estimate of drug-likeness (QED) is 0.757. The maximum absolute atomic E-state index is 11.7. The number of rotatable bonds is 8. The van der Waals surface area contributed by atoms with Gasteiger partial charge in [-0.1, -0.05) is 19.9 Å². The molecule has 116 valence electrons. The molecule has 0 fully saturated rings. The van der Waals surface area contributed by atoms with Crippen LogP contribution in [-0.2, 0) is 4.79 Å². The average molecular weight is 294 g/mol. The van der Waals surface area contributed by atoms with Gasteiger partial charge in [0.2, 0.25) is 0 Å². The number of nitrogens with two attached hydrogens (primary N) is 1. The summed E-state index contributed by atoms with van der Waals surface area (Å²) in [6.45, 7) is 4.56. The number of benzene rings is 1. The molecule has 1 rings (SSSR count). The maximum atomic E-state index is 11.7. The van der Waals surface area contributed by atoms with Crippen molar-refractivity contribution in [3.8, 4) is 11.5 Å². The minimum atomic E-state index is -0.635. The Bertz CT molecular complexity index is 500. The average Bonchev–Trinajstić information content (AvgIpc) is 2.44. The third-order valence-electron chi connectivity index (χ3n) is 2.86. The molecule has 0 aliphatic carbocycles. The van der Waals surface area contributed by atoms with Gasteiger partial charge < -0.3 is 20.5 Å². The smallest absolute Gasteiger partial charge is 0.257 e. The minimum absolute atomic E-state index is 0.185. The number of amides is 2. The molecule has 1 aromatic rings. The van der Waals surface area contributed by atoms with E-state index in [4.69, 9.17) is 15.2 Å². The van der Waals surface area contributed by atoms with Crippen LogP contribution in [0.5, 0.6) is 11.5 Å². The summed E-state index contributed by atoms with van der Waals surface area (Å²) in [6, 6.07) is 4.80. The highest BCUT2D eigenvalue weighted by Gasteiger charge is 2.16. The predicted molar refractivity (Wildman–Crippen MR) is 79.5 cm³/mol. The van der Waals surface area contributed by atoms with Gasteiger partial charge >= 0.3 is 0 Å². The van der Waals surface area contributed by atoms with E-state index in [1.54, 1.807) is 12.1 Å². The fourth-order valence-corrected chi connectivity index (χ4v) is 1.71. The van der Waals surface area contributed by atoms with Gasteiger partial charge in [-0.25, -0.2) is 0 Å². The van der Waals surface area contributed by atoms with Crippen LogP contribution in [-0.4, -0.2) is 32.1 Å². The van der Waals surface area contributed by atoms with E-state index in [0.29, 0.717) is 18.2 Å². The molecule has 0 bridgehead atoms. The second-order valence-electron chi connectivity index (χ2n) is 5.02. The Morgan fingerprint density at radius 2 is 2.05 bits per heavy atom. The molecule has 0 saturated carbocycles. The molecule has 0 unspecified atom stereocenters. The molecule has 0 radical (unpaired) electrons. The Balaban J connectivity index is 2.66. The number of carbonyl (C=O) groups is 2. The van der Waals surface area contributed by atoms with Crippen molar-refractivity contribution in [2.24, 2.45) is 11.7 Å². The molecule has 6 nitrogen and oxygen atoms in total. The lowest BCUT2D eigenvalue weighted by molar-refractivity contribution is -0.123. The molecule has 0 atom stereocenters. The molecule has 21 heavy (non-hydrogen) atoms. The first-order chi connectivity index (χ1) is 9.95. The van der Waals surface area contributed by atoms with Gasteiger partial charge in [-0.2, -0.15) is 0 Å². The lowest BCUT2D eigenvalue weighted by Crippen LogP contribution is -2.30. The van der Waals surface area contributed by atoms with Crippen LogP contribution in [0.25, 0.3) is 0 Å². The van der Waals surface area contributed by atoms with Crippen molar-refractivity contribution >= 4 is 11.8 Å². The van der Waals surface area contributed by atoms with E-state index in [9.17, 15) is 9.59 Å². The zero-order chi connectivity index (χ0) is 15.8. The van der Waals surface area contributed by atoms with E-state index in [2.05, 4.69) is 19.2 Å². The van der Waals surface area contributed by atoms with E-state index in [1.165, 1.54) is 13.2 Å². The highest BCUT2D eigenvalue weighted by atomic mass is 16.5. The van der Waals surface area contributed by atoms with Crippen LogP contribution in [0.2, 0.25) is 0 Å². The fraction of sp³-hybridized carbons (Fsp3) is 0.467. The first kappa shape index (κ1) is 16.8. The van der Waals surface area contributed by atoms with Gasteiger partial charge in [-0.15, -0.1) is 0 Å². The Kier molecular flexibility index (Phi) is 6.52. The molecule has 0 saturated heterocycles. The van der Waals surface area contributed by atoms with E-state index < -0.39 is 5.91 Å². The molecule has 2 amide bonds. The van der Waals surface area contributed by atoms with Gasteiger partial charge in [-0.05, 0) is 24.5 Å². The van der Waals surface area contributed by atoms with Crippen LogP contribution in [0, 0.1) is 5.92 Å². The SMILES string of the molecule is COc1cccc(C(N)=O)c1OCC(=O)NCCC(C)C. The lowest BCUT2D eigenvalue weighted by Gasteiger charge is -2.13. The van der Waals surface area contributed by atoms with Gasteiger partial charge in [0.25, 0.3) is 11.8 Å². The van der Waals surface area contributed by atoms with E-state index in [0.717, 1.165) is 6.42 Å². The summed E-state index contributed by atoms with van der Waals surface area (Å²) in [5.74, 6) is 0.177. The van der Waals surface area contributed by atoms with Crippen molar-refractivity contribution in [3.63, 3.8) is 0 Å². The van der Waals surface area contributed by atoms with Crippen LogP contribution in [0.1, 0.15) is 30.6 Å². The van der Waals surface area contributed by atoms with Crippen molar-refractivity contribution in [2.75, 3.05) is 20.3 Å². The predicted octanol–water partition coefficient (Wildman–Crippen LogP) is 1.34. The van der Waals surface area contributed by atoms with Crippen LogP contribution in [0.4, 0.5) is 0 Å². The zero-order valence-corrected chi connectivity index (χ0v) is 12.6. The number of ether oxygens (including phenoxy) is 2. The summed E-state index contributed by atoms with van der Waals surface area (Å²) in [4.78, 5) is 23.1. The minimum Gasteiger partial charge on any atom is -0.493 e. The summed E-state index contributed by atoms with van der Waals surface area (Å²) < 4.78 is 10.5. The number of para-hydroxylation sites is 1. The molecule has 0 heterocycles. The Labute approximate surface area is 124 Å². The van der Waals surface area contributed by atoms with Gasteiger partial charge in [-0.3, -0.25) is 9.59 Å². The highest BCUT2D eigenvalue weighted by Crippen LogP contribution is 2.30. The summed E-state index contributed by atoms with van der Waals surface area (Å²) in [7, 11) is 1.45. The lowest BCUT2D eigenvalue weighted by atomic mass is 10.1. The summed E-state index contributed by atoms with van der Waals surface area (Å²) in [6.07, 6.45) is 0.896. The molecule has 3 N–H and O–H groups in total. The van der Waals surface area contributed by atoms with Gasteiger partial charge in [0, 0.05) is 6.54 Å². The largest absolute Gasteiger partial charge is 0.493 e. The van der Waals surface area contributed by atoms with Crippen molar-refractivity contribution in [3.05, 3.63) is 23.8 Å². The monoisotopic (exact) mass is 294 g/mol. The summed E-state index contributed by atoms with van der Waals surface area (Å²) >= 11 is 0. The maximum Gasteiger partial charge on any atom is 0.257 e. The van der Waals surface area contributed by atoms with Crippen LogP contribution in [0.15, 0.2) is 18.2 Å². The van der Waals surface area contributed by atoms with Crippen molar-refractivity contribution in [1.82, 2.24) is 5.32 Å². The molecule has 0 aromatic heterocycles. The fourth-order valence-electron chi connectivity index (χ4n) is 1.71. The second-order valence-corrected chi connectivity index (χ2v) is 5.02. The number of hydrogen-bond donors (Lipinski definition) is 2. The van der Waals surface area contributed by atoms with Crippen LogP contribution >= 0.6 is 0 Å². The van der Waals surface area contributed by atoms with E-state index in [1.807, 2.05) is 0 Å². The first-order valence-corrected chi connectivity index (χ1v) is 6.82. The number of carbonyl (C=O) groups excluding carboxylic acids is 2. The Morgan fingerprint density at radius 3 is 2.62 bits per heavy atom. The van der Waals surface area contributed by atoms with Crippen molar-refractivity contribution in [1.29, 1.82) is 0 Å². The molecular weight excluding hydrogens is 272 g/mol. The van der Waals surface area contributed by atoms with E-state index >= 15 is 0 Å². The first-order valence-electron chi connectivity index (χ1n) is 6.82. The number of nitrogens with one attached hydrogen (secondary N) is 1. The Morgan fingerprint density at radius 1 is 1.33 bits per heavy atom. The third kappa shape index (κ3) is 5.33. The number of primary amides is 1. The van der Waals surface area contributed by atoms with Crippen molar-refractivity contribution in [2.45, 2.75) is 20.3 Å². The van der Waals surface area contributed by atoms with Gasteiger partial charge in [0.05, 0.1) is 12.7 Å². The molecular formula is C15H22N2O4. The summed E-state index contributed by atoms with van der Waals surface area (Å²) in [5, 5.41) is 2.75. The summed E-state index contributed by atoms with van der Waals surface area (Å²) in [5.41, 5.74) is 5.47. The third-order valence-corrected chi connectivity index (χ3v) is 2.86. The molecule has 6 heteroatoms. The second kappa shape index (κ2) is 8.14. The molecule has 0 spiro atoms. The van der Waals surface area contributed by atoms with Crippen molar-refractivity contribution < 1.29 is 19.1 Å². The highest BCUT2D eigenvalue weighted by molar-refractivity contribution is 5.96. The standard InChI is InChI=1S/C15H22N2O4/c1-10(2)7-8-17-13(18)9-21-14-11(15(16)19)5-4-6-12(14)20-3/h4-6,10H,7-9H2,1-3H3,(H2,16,19)(H,17,18). The number of methoxy groups -OCH3 is 1. The van der Waals surface area contributed by atoms with Crippen LogP contribution in [0.3, 0.4) is 0 Å². The van der Waals surface area contributed by atoms with Gasteiger partial charge in [0.1, 0.15) is 0 Å². The molecule has 0 aliphatic heterocycles.